The van der Waals surface area contributed by atoms with Crippen LogP contribution in [0.3, 0.4) is 0 Å². The average Bonchev–Trinajstić information content (AvgIpc) is 2.79. The Kier molecular flexibility index (Phi) is 3.49. The molecule has 0 spiro atoms. The van der Waals surface area contributed by atoms with E-state index in [9.17, 15) is 4.39 Å². The van der Waals surface area contributed by atoms with E-state index in [2.05, 4.69) is 15.9 Å². The van der Waals surface area contributed by atoms with Crippen LogP contribution in [0.25, 0.3) is 16.3 Å². The van der Waals surface area contributed by atoms with Crippen LogP contribution in [-0.2, 0) is 4.74 Å². The summed E-state index contributed by atoms with van der Waals surface area (Å²) in [5.74, 6) is 0.513. The lowest BCUT2D eigenvalue weighted by Crippen LogP contribution is -1.92. The standard InChI is InChI=1S/C12H11FN2OS/c1-3-16-8(2)11-14-12(17-15-11)9-6-4-5-7-10(9)13/h4-7H,2-3H2,1H3. The van der Waals surface area contributed by atoms with Gasteiger partial charge in [0, 0.05) is 5.56 Å². The summed E-state index contributed by atoms with van der Waals surface area (Å²) in [6, 6.07) is 6.47. The summed E-state index contributed by atoms with van der Waals surface area (Å²) in [5.41, 5.74) is 0.445. The molecule has 1 heterocycles. The highest BCUT2D eigenvalue weighted by Gasteiger charge is 2.12. The van der Waals surface area contributed by atoms with Crippen LogP contribution in [0.4, 0.5) is 4.39 Å². The van der Waals surface area contributed by atoms with Crippen molar-refractivity contribution < 1.29 is 9.13 Å². The van der Waals surface area contributed by atoms with Crippen molar-refractivity contribution in [1.82, 2.24) is 9.36 Å². The van der Waals surface area contributed by atoms with E-state index in [1.807, 2.05) is 6.92 Å². The molecule has 0 saturated heterocycles. The van der Waals surface area contributed by atoms with E-state index in [0.29, 0.717) is 28.8 Å². The summed E-state index contributed by atoms with van der Waals surface area (Å²) in [6.45, 7) is 6.07. The van der Waals surface area contributed by atoms with Gasteiger partial charge in [0.15, 0.2) is 5.76 Å². The zero-order chi connectivity index (χ0) is 12.3. The molecule has 2 aromatic rings. The van der Waals surface area contributed by atoms with Crippen LogP contribution in [0.2, 0.25) is 0 Å². The van der Waals surface area contributed by atoms with E-state index < -0.39 is 0 Å². The van der Waals surface area contributed by atoms with Crippen LogP contribution in [0.15, 0.2) is 30.8 Å². The second-order valence-corrected chi connectivity index (χ2v) is 4.01. The molecule has 5 heteroatoms. The Morgan fingerprint density at radius 2 is 2.24 bits per heavy atom. The van der Waals surface area contributed by atoms with E-state index in [-0.39, 0.29) is 5.82 Å². The fourth-order valence-electron chi connectivity index (χ4n) is 1.32. The molecular weight excluding hydrogens is 239 g/mol. The molecule has 1 aromatic carbocycles. The molecule has 0 unspecified atom stereocenters. The molecule has 0 aliphatic heterocycles. The Hall–Kier alpha value is -1.75. The Labute approximate surface area is 103 Å². The van der Waals surface area contributed by atoms with Gasteiger partial charge in [-0.3, -0.25) is 0 Å². The second kappa shape index (κ2) is 5.05. The molecule has 0 aliphatic carbocycles. The third-order valence-electron chi connectivity index (χ3n) is 2.10. The van der Waals surface area contributed by atoms with Crippen LogP contribution in [0, 0.1) is 5.82 Å². The highest BCUT2D eigenvalue weighted by atomic mass is 32.1. The fourth-order valence-corrected chi connectivity index (χ4v) is 2.03. The largest absolute Gasteiger partial charge is 0.491 e. The minimum atomic E-state index is -0.308. The molecular formula is C12H11FN2OS. The van der Waals surface area contributed by atoms with Gasteiger partial charge in [-0.1, -0.05) is 18.7 Å². The molecule has 1 aromatic heterocycles. The molecule has 0 radical (unpaired) electrons. The fraction of sp³-hybridized carbons (Fsp3) is 0.167. The number of benzene rings is 1. The quantitative estimate of drug-likeness (QED) is 0.780. The molecule has 17 heavy (non-hydrogen) atoms. The Balaban J connectivity index is 2.30. The molecule has 2 rings (SSSR count). The predicted molar refractivity (Wildman–Crippen MR) is 66.0 cm³/mol. The number of ether oxygens (including phenoxy) is 1. The van der Waals surface area contributed by atoms with Gasteiger partial charge >= 0.3 is 0 Å². The molecule has 0 N–H and O–H groups in total. The number of halogens is 1. The molecule has 0 fully saturated rings. The third kappa shape index (κ3) is 2.50. The third-order valence-corrected chi connectivity index (χ3v) is 2.85. The molecule has 0 atom stereocenters. The number of hydrogen-bond donors (Lipinski definition) is 0. The average molecular weight is 250 g/mol. The van der Waals surface area contributed by atoms with Crippen molar-refractivity contribution >= 4 is 17.3 Å². The van der Waals surface area contributed by atoms with E-state index in [1.54, 1.807) is 18.2 Å². The van der Waals surface area contributed by atoms with Crippen molar-refractivity contribution in [3.63, 3.8) is 0 Å². The Morgan fingerprint density at radius 3 is 2.94 bits per heavy atom. The first kappa shape index (κ1) is 11.7. The Morgan fingerprint density at radius 1 is 1.47 bits per heavy atom. The summed E-state index contributed by atoms with van der Waals surface area (Å²) in [4.78, 5) is 4.20. The van der Waals surface area contributed by atoms with Crippen LogP contribution in [0.5, 0.6) is 0 Å². The van der Waals surface area contributed by atoms with Gasteiger partial charge in [0.2, 0.25) is 5.82 Å². The van der Waals surface area contributed by atoms with Gasteiger partial charge in [-0.05, 0) is 30.6 Å². The lowest BCUT2D eigenvalue weighted by atomic mass is 10.2. The normalized spacial score (nSPS) is 10.2. The van der Waals surface area contributed by atoms with Gasteiger partial charge in [-0.2, -0.15) is 4.37 Å². The number of aromatic nitrogens is 2. The van der Waals surface area contributed by atoms with Crippen molar-refractivity contribution in [3.8, 4) is 10.6 Å². The maximum atomic E-state index is 13.5. The lowest BCUT2D eigenvalue weighted by Gasteiger charge is -2.00. The minimum absolute atomic E-state index is 0.308. The molecule has 0 saturated carbocycles. The van der Waals surface area contributed by atoms with Crippen LogP contribution in [0.1, 0.15) is 12.7 Å². The van der Waals surface area contributed by atoms with Gasteiger partial charge in [-0.25, -0.2) is 9.37 Å². The summed E-state index contributed by atoms with van der Waals surface area (Å²) in [5, 5.41) is 0.527. The van der Waals surface area contributed by atoms with Crippen molar-refractivity contribution in [3.05, 3.63) is 42.5 Å². The molecule has 0 aliphatic rings. The van der Waals surface area contributed by atoms with Gasteiger partial charge in [0.1, 0.15) is 10.8 Å². The first-order chi connectivity index (χ1) is 8.22. The molecule has 3 nitrogen and oxygen atoms in total. The van der Waals surface area contributed by atoms with Gasteiger partial charge in [0.05, 0.1) is 6.61 Å². The smallest absolute Gasteiger partial charge is 0.207 e. The number of nitrogens with zero attached hydrogens (tertiary/aromatic N) is 2. The SMILES string of the molecule is C=C(OCC)c1nsc(-c2ccccc2F)n1. The van der Waals surface area contributed by atoms with E-state index in [4.69, 9.17) is 4.74 Å². The molecule has 88 valence electrons. The van der Waals surface area contributed by atoms with E-state index in [0.717, 1.165) is 11.5 Å². The monoisotopic (exact) mass is 250 g/mol. The summed E-state index contributed by atoms with van der Waals surface area (Å²) in [6.07, 6.45) is 0. The second-order valence-electron chi connectivity index (χ2n) is 3.26. The maximum absolute atomic E-state index is 13.5. The van der Waals surface area contributed by atoms with Crippen molar-refractivity contribution in [2.24, 2.45) is 0 Å². The van der Waals surface area contributed by atoms with Gasteiger partial charge in [0.25, 0.3) is 0 Å². The zero-order valence-electron chi connectivity index (χ0n) is 9.31. The number of rotatable bonds is 4. The first-order valence-corrected chi connectivity index (χ1v) is 5.90. The highest BCUT2D eigenvalue weighted by molar-refractivity contribution is 7.09. The molecule has 0 bridgehead atoms. The van der Waals surface area contributed by atoms with Crippen LogP contribution >= 0.6 is 11.5 Å². The van der Waals surface area contributed by atoms with Crippen LogP contribution in [-0.4, -0.2) is 16.0 Å². The first-order valence-electron chi connectivity index (χ1n) is 5.13. The van der Waals surface area contributed by atoms with Gasteiger partial charge < -0.3 is 4.74 Å². The predicted octanol–water partition coefficient (Wildman–Crippen LogP) is 3.35. The lowest BCUT2D eigenvalue weighted by molar-refractivity contribution is 0.296. The zero-order valence-corrected chi connectivity index (χ0v) is 10.1. The van der Waals surface area contributed by atoms with E-state index in [1.165, 1.54) is 6.07 Å². The van der Waals surface area contributed by atoms with Crippen LogP contribution < -0.4 is 0 Å². The number of hydrogen-bond acceptors (Lipinski definition) is 4. The summed E-state index contributed by atoms with van der Waals surface area (Å²) in [7, 11) is 0. The van der Waals surface area contributed by atoms with Crippen molar-refractivity contribution in [2.75, 3.05) is 6.61 Å². The minimum Gasteiger partial charge on any atom is -0.491 e. The molecule has 0 amide bonds. The summed E-state index contributed by atoms with van der Waals surface area (Å²) < 4.78 is 22.8. The van der Waals surface area contributed by atoms with E-state index >= 15 is 0 Å². The van der Waals surface area contributed by atoms with Gasteiger partial charge in [-0.15, -0.1) is 0 Å². The van der Waals surface area contributed by atoms with Crippen molar-refractivity contribution in [1.29, 1.82) is 0 Å². The highest BCUT2D eigenvalue weighted by Crippen LogP contribution is 2.25. The Bertz CT molecular complexity index is 539. The maximum Gasteiger partial charge on any atom is 0.207 e. The summed E-state index contributed by atoms with van der Waals surface area (Å²) >= 11 is 1.13. The topological polar surface area (TPSA) is 35.0 Å². The van der Waals surface area contributed by atoms with Crippen molar-refractivity contribution in [2.45, 2.75) is 6.92 Å².